The van der Waals surface area contributed by atoms with Crippen molar-refractivity contribution in [2.75, 3.05) is 26.2 Å². The second kappa shape index (κ2) is 14.8. The van der Waals surface area contributed by atoms with E-state index in [0.29, 0.717) is 43.6 Å². The summed E-state index contributed by atoms with van der Waals surface area (Å²) in [6.45, 7) is 5.99. The van der Waals surface area contributed by atoms with Crippen LogP contribution in [0.25, 0.3) is 0 Å². The number of aliphatic hydroxyl groups is 1. The Labute approximate surface area is 231 Å². The summed E-state index contributed by atoms with van der Waals surface area (Å²) in [4.78, 5) is 28.5. The zero-order valence-electron chi connectivity index (χ0n) is 23.1. The van der Waals surface area contributed by atoms with Gasteiger partial charge in [-0.1, -0.05) is 80.6 Å². The van der Waals surface area contributed by atoms with Gasteiger partial charge in [0, 0.05) is 31.1 Å². The molecule has 0 heterocycles. The molecule has 3 rings (SSSR count). The number of carbonyl (C=O) groups is 2. The first-order valence-electron chi connectivity index (χ1n) is 14.0. The maximum atomic E-state index is 14.0. The highest BCUT2D eigenvalue weighted by Crippen LogP contribution is 2.43. The number of nitrogens with zero attached hydrogens (tertiary/aromatic N) is 1. The number of hydrogen-bond acceptors (Lipinski definition) is 4. The Morgan fingerprint density at radius 2 is 1.74 bits per heavy atom. The third-order valence-corrected chi connectivity index (χ3v) is 7.49. The molecule has 0 aliphatic heterocycles. The third kappa shape index (κ3) is 7.87. The Balaban J connectivity index is 1.83. The number of allylic oxidation sites excluding steroid dienone is 2. The molecule has 1 unspecified atom stereocenters. The second-order valence-corrected chi connectivity index (χ2v) is 10.3. The van der Waals surface area contributed by atoms with Gasteiger partial charge in [0.2, 0.25) is 11.8 Å². The minimum absolute atomic E-state index is 0.0929. The molecule has 0 spiro atoms. The van der Waals surface area contributed by atoms with Crippen molar-refractivity contribution in [1.82, 2.24) is 10.2 Å². The number of amides is 2. The Morgan fingerprint density at radius 1 is 1.08 bits per heavy atom. The minimum Gasteiger partial charge on any atom is -0.391 e. The number of nitrogens with one attached hydrogen (secondary N) is 1. The van der Waals surface area contributed by atoms with Gasteiger partial charge in [0.25, 0.3) is 0 Å². The number of halogens is 1. The Bertz CT molecular complexity index is 1140. The van der Waals surface area contributed by atoms with Gasteiger partial charge in [0.05, 0.1) is 11.5 Å². The van der Waals surface area contributed by atoms with Crippen LogP contribution < -0.4 is 11.1 Å². The van der Waals surface area contributed by atoms with Gasteiger partial charge < -0.3 is 21.1 Å². The van der Waals surface area contributed by atoms with E-state index in [1.54, 1.807) is 36.4 Å². The molecule has 3 atom stereocenters. The minimum atomic E-state index is -1.24. The molecule has 4 N–H and O–H groups in total. The summed E-state index contributed by atoms with van der Waals surface area (Å²) in [5, 5.41) is 14.7. The molecule has 2 aromatic rings. The summed E-state index contributed by atoms with van der Waals surface area (Å²) >= 11 is 0. The van der Waals surface area contributed by atoms with Gasteiger partial charge in [0.15, 0.2) is 0 Å². The van der Waals surface area contributed by atoms with Gasteiger partial charge in [-0.05, 0) is 55.8 Å². The van der Waals surface area contributed by atoms with Crippen LogP contribution in [0.1, 0.15) is 44.2 Å². The summed E-state index contributed by atoms with van der Waals surface area (Å²) in [7, 11) is 0. The van der Waals surface area contributed by atoms with Crippen molar-refractivity contribution in [1.29, 1.82) is 0 Å². The quantitative estimate of drug-likeness (QED) is 0.298. The average molecular weight is 536 g/mol. The standard InChI is InChI=1S/C32H42FN3O3/c1-3-19-36(20-4-2)30(38)26-14-10-17-32(22-26,31(34)39)27(21-24-11-6-5-7-12-24)29(37)23-35-18-16-25-13-8-9-15-28(25)33/h5-15,17,27,29,35,37H,3-4,16,18-23H2,1-2H3,(H2,34,39)/t27-,29+,32?/m1/s1. The van der Waals surface area contributed by atoms with Gasteiger partial charge in [-0.2, -0.15) is 0 Å². The van der Waals surface area contributed by atoms with E-state index in [0.717, 1.165) is 18.4 Å². The summed E-state index contributed by atoms with van der Waals surface area (Å²) in [6, 6.07) is 16.3. The van der Waals surface area contributed by atoms with Crippen LogP contribution in [-0.2, 0) is 22.4 Å². The molecule has 0 bridgehead atoms. The second-order valence-electron chi connectivity index (χ2n) is 10.3. The molecule has 2 amide bonds. The molecule has 1 aliphatic rings. The van der Waals surface area contributed by atoms with Crippen molar-refractivity contribution in [3.05, 3.63) is 95.3 Å². The first kappa shape index (κ1) is 30.3. The van der Waals surface area contributed by atoms with Crippen LogP contribution in [0.3, 0.4) is 0 Å². The van der Waals surface area contributed by atoms with Crippen LogP contribution in [-0.4, -0.2) is 54.1 Å². The number of rotatable bonds is 15. The van der Waals surface area contributed by atoms with Crippen molar-refractivity contribution in [2.24, 2.45) is 17.1 Å². The molecule has 2 aromatic carbocycles. The lowest BCUT2D eigenvalue weighted by atomic mass is 9.64. The molecule has 39 heavy (non-hydrogen) atoms. The molecule has 7 heteroatoms. The maximum absolute atomic E-state index is 14.0. The van der Waals surface area contributed by atoms with E-state index in [4.69, 9.17) is 5.73 Å². The Kier molecular flexibility index (Phi) is 11.4. The lowest BCUT2D eigenvalue weighted by Crippen LogP contribution is -2.51. The van der Waals surface area contributed by atoms with E-state index < -0.39 is 23.3 Å². The summed E-state index contributed by atoms with van der Waals surface area (Å²) in [5.41, 5.74) is 6.92. The summed E-state index contributed by atoms with van der Waals surface area (Å²) < 4.78 is 14.0. The third-order valence-electron chi connectivity index (χ3n) is 7.49. The van der Waals surface area contributed by atoms with Gasteiger partial charge in [0.1, 0.15) is 5.82 Å². The lowest BCUT2D eigenvalue weighted by Gasteiger charge is -2.41. The fraction of sp³-hybridized carbons (Fsp3) is 0.438. The molecule has 0 saturated carbocycles. The van der Waals surface area contributed by atoms with Gasteiger partial charge in [-0.3, -0.25) is 9.59 Å². The van der Waals surface area contributed by atoms with Crippen LogP contribution in [0.5, 0.6) is 0 Å². The normalized spacial score (nSPS) is 18.3. The van der Waals surface area contributed by atoms with E-state index >= 15 is 0 Å². The molecule has 210 valence electrons. The van der Waals surface area contributed by atoms with Gasteiger partial charge in [-0.25, -0.2) is 4.39 Å². The first-order valence-corrected chi connectivity index (χ1v) is 14.0. The molecule has 6 nitrogen and oxygen atoms in total. The number of primary amides is 1. The van der Waals surface area contributed by atoms with E-state index in [9.17, 15) is 19.1 Å². The molecular weight excluding hydrogens is 493 g/mol. The van der Waals surface area contributed by atoms with E-state index in [-0.39, 0.29) is 24.7 Å². The lowest BCUT2D eigenvalue weighted by molar-refractivity contribution is -0.132. The van der Waals surface area contributed by atoms with E-state index in [1.165, 1.54) is 6.07 Å². The van der Waals surface area contributed by atoms with Crippen molar-refractivity contribution in [2.45, 2.75) is 52.1 Å². The topological polar surface area (TPSA) is 95.7 Å². The van der Waals surface area contributed by atoms with Gasteiger partial charge >= 0.3 is 0 Å². The van der Waals surface area contributed by atoms with Crippen molar-refractivity contribution in [3.8, 4) is 0 Å². The largest absolute Gasteiger partial charge is 0.391 e. The molecule has 0 fully saturated rings. The monoisotopic (exact) mass is 535 g/mol. The number of nitrogens with two attached hydrogens (primary N) is 1. The van der Waals surface area contributed by atoms with Crippen molar-refractivity contribution >= 4 is 11.8 Å². The summed E-state index contributed by atoms with van der Waals surface area (Å²) in [5.74, 6) is -1.51. The predicted octanol–water partition coefficient (Wildman–Crippen LogP) is 4.18. The fourth-order valence-corrected chi connectivity index (χ4v) is 5.43. The number of hydrogen-bond donors (Lipinski definition) is 3. The molecule has 0 radical (unpaired) electrons. The molecule has 0 aromatic heterocycles. The van der Waals surface area contributed by atoms with E-state index in [2.05, 4.69) is 5.32 Å². The smallest absolute Gasteiger partial charge is 0.249 e. The van der Waals surface area contributed by atoms with Crippen LogP contribution in [0, 0.1) is 17.2 Å². The van der Waals surface area contributed by atoms with Crippen LogP contribution in [0.15, 0.2) is 78.4 Å². The van der Waals surface area contributed by atoms with Crippen molar-refractivity contribution < 1.29 is 19.1 Å². The molecular formula is C32H42FN3O3. The van der Waals surface area contributed by atoms with Crippen LogP contribution in [0.2, 0.25) is 0 Å². The Morgan fingerprint density at radius 3 is 2.38 bits per heavy atom. The van der Waals surface area contributed by atoms with Crippen molar-refractivity contribution in [3.63, 3.8) is 0 Å². The summed E-state index contributed by atoms with van der Waals surface area (Å²) in [6.07, 6.45) is 6.98. The van der Waals surface area contributed by atoms with Gasteiger partial charge in [-0.15, -0.1) is 0 Å². The highest BCUT2D eigenvalue weighted by Gasteiger charge is 2.47. The zero-order valence-corrected chi connectivity index (χ0v) is 23.1. The zero-order chi connectivity index (χ0) is 28.3. The molecule has 0 saturated heterocycles. The highest BCUT2D eigenvalue weighted by atomic mass is 19.1. The number of aliphatic hydroxyl groups excluding tert-OH is 1. The van der Waals surface area contributed by atoms with E-state index in [1.807, 2.05) is 49.1 Å². The predicted molar refractivity (Wildman–Crippen MR) is 153 cm³/mol. The fourth-order valence-electron chi connectivity index (χ4n) is 5.43. The van der Waals surface area contributed by atoms with Crippen LogP contribution in [0.4, 0.5) is 4.39 Å². The number of carbonyl (C=O) groups excluding carboxylic acids is 2. The highest BCUT2D eigenvalue weighted by molar-refractivity contribution is 5.96. The average Bonchev–Trinajstić information content (AvgIpc) is 2.94. The Hall–Kier alpha value is -3.29. The maximum Gasteiger partial charge on any atom is 0.249 e. The molecule has 1 aliphatic carbocycles. The SMILES string of the molecule is CCCN(CCC)C(=O)C1=CC=CC(C(N)=O)([C@H](Cc2ccccc2)[C@@H](O)CNCCc2ccccc2F)C1. The van der Waals surface area contributed by atoms with Crippen LogP contribution >= 0.6 is 0 Å². The number of benzene rings is 2. The first-order chi connectivity index (χ1) is 18.8.